The standard InChI is InChI=1S/C16H24N2O/c1-19-13-8-9-16(14(17)11-13)18-10-4-6-12-5-2-3-7-15(12)18/h8-9,11-12,15H,2-7,10,17H2,1H3. The van der Waals surface area contributed by atoms with Crippen LogP contribution in [0.2, 0.25) is 0 Å². The van der Waals surface area contributed by atoms with Gasteiger partial charge in [-0.15, -0.1) is 0 Å². The summed E-state index contributed by atoms with van der Waals surface area (Å²) in [5, 5.41) is 0. The molecule has 3 rings (SSSR count). The van der Waals surface area contributed by atoms with E-state index in [1.165, 1.54) is 44.2 Å². The molecule has 104 valence electrons. The molecule has 1 saturated carbocycles. The maximum absolute atomic E-state index is 6.23. The van der Waals surface area contributed by atoms with Crippen LogP contribution in [0.25, 0.3) is 0 Å². The van der Waals surface area contributed by atoms with E-state index < -0.39 is 0 Å². The van der Waals surface area contributed by atoms with Crippen LogP contribution in [0.1, 0.15) is 38.5 Å². The lowest BCUT2D eigenvalue weighted by Crippen LogP contribution is -2.47. The lowest BCUT2D eigenvalue weighted by molar-refractivity contribution is 0.244. The van der Waals surface area contributed by atoms with Gasteiger partial charge >= 0.3 is 0 Å². The van der Waals surface area contributed by atoms with Crippen molar-refractivity contribution in [2.75, 3.05) is 24.3 Å². The predicted molar refractivity (Wildman–Crippen MR) is 79.7 cm³/mol. The summed E-state index contributed by atoms with van der Waals surface area (Å²) in [4.78, 5) is 2.56. The zero-order valence-electron chi connectivity index (χ0n) is 11.8. The number of ether oxygens (including phenoxy) is 1. The first-order valence-electron chi connectivity index (χ1n) is 7.50. The molecule has 0 radical (unpaired) electrons. The number of anilines is 2. The maximum atomic E-state index is 6.23. The molecule has 2 fully saturated rings. The summed E-state index contributed by atoms with van der Waals surface area (Å²) in [6.45, 7) is 1.15. The normalized spacial score (nSPS) is 26.9. The number of methoxy groups -OCH3 is 1. The molecule has 1 aromatic rings. The molecular weight excluding hydrogens is 236 g/mol. The Hall–Kier alpha value is -1.38. The van der Waals surface area contributed by atoms with Gasteiger partial charge < -0.3 is 15.4 Å². The third-order valence-electron chi connectivity index (χ3n) is 4.79. The lowest BCUT2D eigenvalue weighted by atomic mass is 9.78. The Morgan fingerprint density at radius 2 is 1.95 bits per heavy atom. The van der Waals surface area contributed by atoms with Crippen molar-refractivity contribution < 1.29 is 4.74 Å². The highest BCUT2D eigenvalue weighted by atomic mass is 16.5. The molecule has 1 aliphatic heterocycles. The second-order valence-electron chi connectivity index (χ2n) is 5.87. The summed E-state index contributed by atoms with van der Waals surface area (Å²) in [6, 6.07) is 6.81. The molecule has 1 saturated heterocycles. The first kappa shape index (κ1) is 12.6. The molecule has 1 aliphatic carbocycles. The summed E-state index contributed by atoms with van der Waals surface area (Å²) in [7, 11) is 1.69. The highest BCUT2D eigenvalue weighted by molar-refractivity contribution is 5.70. The van der Waals surface area contributed by atoms with E-state index in [-0.39, 0.29) is 0 Å². The van der Waals surface area contributed by atoms with Crippen LogP contribution in [0.3, 0.4) is 0 Å². The van der Waals surface area contributed by atoms with E-state index in [0.717, 1.165) is 23.9 Å². The molecule has 0 aromatic heterocycles. The Morgan fingerprint density at radius 1 is 1.16 bits per heavy atom. The first-order chi connectivity index (χ1) is 9.29. The zero-order chi connectivity index (χ0) is 13.2. The average Bonchev–Trinajstić information content (AvgIpc) is 2.46. The fourth-order valence-electron chi connectivity index (χ4n) is 3.85. The van der Waals surface area contributed by atoms with Crippen molar-refractivity contribution in [2.24, 2.45) is 5.92 Å². The summed E-state index contributed by atoms with van der Waals surface area (Å²) in [5.74, 6) is 1.72. The van der Waals surface area contributed by atoms with Crippen molar-refractivity contribution in [1.29, 1.82) is 0 Å². The van der Waals surface area contributed by atoms with Gasteiger partial charge in [0.1, 0.15) is 5.75 Å². The van der Waals surface area contributed by atoms with Crippen LogP contribution < -0.4 is 15.4 Å². The Kier molecular flexibility index (Phi) is 3.54. The minimum absolute atomic E-state index is 0.707. The average molecular weight is 260 g/mol. The van der Waals surface area contributed by atoms with Crippen LogP contribution in [-0.2, 0) is 0 Å². The Balaban J connectivity index is 1.87. The number of nitrogens with zero attached hydrogens (tertiary/aromatic N) is 1. The van der Waals surface area contributed by atoms with Gasteiger partial charge in [0, 0.05) is 18.7 Å². The highest BCUT2D eigenvalue weighted by Crippen LogP contribution is 2.40. The molecule has 2 N–H and O–H groups in total. The van der Waals surface area contributed by atoms with E-state index in [9.17, 15) is 0 Å². The molecule has 2 atom stereocenters. The van der Waals surface area contributed by atoms with Gasteiger partial charge in [0.15, 0.2) is 0 Å². The van der Waals surface area contributed by atoms with Crippen LogP contribution in [0.4, 0.5) is 11.4 Å². The van der Waals surface area contributed by atoms with Gasteiger partial charge in [-0.25, -0.2) is 0 Å². The number of piperidine rings is 1. The van der Waals surface area contributed by atoms with Crippen molar-refractivity contribution in [3.63, 3.8) is 0 Å². The van der Waals surface area contributed by atoms with Crippen LogP contribution in [0.5, 0.6) is 5.75 Å². The van der Waals surface area contributed by atoms with E-state index >= 15 is 0 Å². The minimum atomic E-state index is 0.707. The molecule has 2 unspecified atom stereocenters. The van der Waals surface area contributed by atoms with Gasteiger partial charge in [-0.2, -0.15) is 0 Å². The molecule has 1 heterocycles. The number of nitrogens with two attached hydrogens (primary N) is 1. The highest BCUT2D eigenvalue weighted by Gasteiger charge is 2.33. The van der Waals surface area contributed by atoms with Gasteiger partial charge in [-0.1, -0.05) is 12.8 Å². The Labute approximate surface area is 115 Å². The number of rotatable bonds is 2. The largest absolute Gasteiger partial charge is 0.497 e. The second kappa shape index (κ2) is 5.32. The Bertz CT molecular complexity index is 444. The number of fused-ring (bicyclic) bond motifs is 1. The van der Waals surface area contributed by atoms with E-state index in [2.05, 4.69) is 11.0 Å². The van der Waals surface area contributed by atoms with Gasteiger partial charge in [-0.05, 0) is 43.7 Å². The maximum Gasteiger partial charge on any atom is 0.121 e. The molecule has 2 aliphatic rings. The van der Waals surface area contributed by atoms with E-state index in [1.807, 2.05) is 12.1 Å². The molecule has 0 amide bonds. The minimum Gasteiger partial charge on any atom is -0.497 e. The van der Waals surface area contributed by atoms with Crippen molar-refractivity contribution in [3.8, 4) is 5.75 Å². The van der Waals surface area contributed by atoms with E-state index in [0.29, 0.717) is 6.04 Å². The predicted octanol–water partition coefficient (Wildman–Crippen LogP) is 3.44. The molecule has 3 nitrogen and oxygen atoms in total. The van der Waals surface area contributed by atoms with Crippen LogP contribution in [0, 0.1) is 5.92 Å². The van der Waals surface area contributed by atoms with Crippen LogP contribution in [-0.4, -0.2) is 19.7 Å². The third-order valence-corrected chi connectivity index (χ3v) is 4.79. The summed E-state index contributed by atoms with van der Waals surface area (Å²) in [6.07, 6.45) is 8.21. The van der Waals surface area contributed by atoms with Crippen molar-refractivity contribution in [3.05, 3.63) is 18.2 Å². The van der Waals surface area contributed by atoms with E-state index in [1.54, 1.807) is 7.11 Å². The summed E-state index contributed by atoms with van der Waals surface area (Å²) in [5.41, 5.74) is 8.29. The molecule has 19 heavy (non-hydrogen) atoms. The number of nitrogen functional groups attached to an aromatic ring is 1. The smallest absolute Gasteiger partial charge is 0.121 e. The Morgan fingerprint density at radius 3 is 2.74 bits per heavy atom. The van der Waals surface area contributed by atoms with Crippen LogP contribution in [0.15, 0.2) is 18.2 Å². The fourth-order valence-corrected chi connectivity index (χ4v) is 3.85. The lowest BCUT2D eigenvalue weighted by Gasteiger charge is -2.45. The topological polar surface area (TPSA) is 38.5 Å². The summed E-state index contributed by atoms with van der Waals surface area (Å²) < 4.78 is 5.25. The molecule has 0 spiro atoms. The number of hydrogen-bond acceptors (Lipinski definition) is 3. The third kappa shape index (κ3) is 2.38. The quantitative estimate of drug-likeness (QED) is 0.828. The monoisotopic (exact) mass is 260 g/mol. The number of hydrogen-bond donors (Lipinski definition) is 1. The van der Waals surface area contributed by atoms with Crippen LogP contribution >= 0.6 is 0 Å². The summed E-state index contributed by atoms with van der Waals surface area (Å²) >= 11 is 0. The van der Waals surface area contributed by atoms with Gasteiger partial charge in [0.25, 0.3) is 0 Å². The zero-order valence-corrected chi connectivity index (χ0v) is 11.8. The molecule has 1 aromatic carbocycles. The second-order valence-corrected chi connectivity index (χ2v) is 5.87. The molecule has 3 heteroatoms. The van der Waals surface area contributed by atoms with E-state index in [4.69, 9.17) is 10.5 Å². The van der Waals surface area contributed by atoms with Crippen molar-refractivity contribution in [1.82, 2.24) is 0 Å². The van der Waals surface area contributed by atoms with Crippen molar-refractivity contribution >= 4 is 11.4 Å². The number of benzene rings is 1. The van der Waals surface area contributed by atoms with Gasteiger partial charge in [-0.3, -0.25) is 0 Å². The fraction of sp³-hybridized carbons (Fsp3) is 0.625. The SMILES string of the molecule is COc1ccc(N2CCCC3CCCCC32)c(N)c1. The molecule has 0 bridgehead atoms. The van der Waals surface area contributed by atoms with Gasteiger partial charge in [0.2, 0.25) is 0 Å². The van der Waals surface area contributed by atoms with Crippen molar-refractivity contribution in [2.45, 2.75) is 44.6 Å². The first-order valence-corrected chi connectivity index (χ1v) is 7.50. The molecular formula is C16H24N2O. The van der Waals surface area contributed by atoms with Gasteiger partial charge in [0.05, 0.1) is 18.5 Å².